The molecule has 22 heavy (non-hydrogen) atoms. The number of aromatic nitrogens is 1. The van der Waals surface area contributed by atoms with Crippen molar-refractivity contribution in [2.45, 2.75) is 0 Å². The Balaban J connectivity index is 2.44. The highest BCUT2D eigenvalue weighted by Gasteiger charge is 2.24. The second-order valence-electron chi connectivity index (χ2n) is 4.18. The molecule has 0 aliphatic heterocycles. The number of anilines is 1. The summed E-state index contributed by atoms with van der Waals surface area (Å²) < 4.78 is 10.1. The van der Waals surface area contributed by atoms with Crippen LogP contribution in [0.3, 0.4) is 0 Å². The maximum atomic E-state index is 12.3. The van der Waals surface area contributed by atoms with Gasteiger partial charge in [0.2, 0.25) is 0 Å². The number of pyridine rings is 1. The van der Waals surface area contributed by atoms with E-state index >= 15 is 0 Å². The van der Waals surface area contributed by atoms with Crippen LogP contribution in [0.25, 0.3) is 0 Å². The number of carbonyl (C=O) groups excluding carboxylic acids is 1. The van der Waals surface area contributed by atoms with E-state index in [1.807, 2.05) is 0 Å². The maximum Gasteiger partial charge on any atom is 0.286 e. The first-order chi connectivity index (χ1) is 10.6. The van der Waals surface area contributed by atoms with E-state index < -0.39 is 10.8 Å². The van der Waals surface area contributed by atoms with Gasteiger partial charge in [-0.1, -0.05) is 0 Å². The van der Waals surface area contributed by atoms with E-state index in [1.54, 1.807) is 18.3 Å². The molecule has 8 nitrogen and oxygen atoms in total. The quantitative estimate of drug-likeness (QED) is 0.671. The van der Waals surface area contributed by atoms with E-state index in [4.69, 9.17) is 9.47 Å². The Morgan fingerprint density at radius 2 is 1.95 bits per heavy atom. The lowest BCUT2D eigenvalue weighted by atomic mass is 10.1. The minimum Gasteiger partial charge on any atom is -0.493 e. The number of carbonyl (C=O) groups is 1. The summed E-state index contributed by atoms with van der Waals surface area (Å²) in [7, 11) is 2.74. The molecule has 0 spiro atoms. The standard InChI is InChI=1S/C14H13N3O5/c1-21-12-6-10(11(17(19)20)7-13(12)22-2)14(18)16-9-4-3-5-15-8-9/h3-8H,1-2H3,(H,16,18). The number of nitrogens with zero attached hydrogens (tertiary/aromatic N) is 2. The average Bonchev–Trinajstić information content (AvgIpc) is 2.54. The Morgan fingerprint density at radius 1 is 1.27 bits per heavy atom. The highest BCUT2D eigenvalue weighted by Crippen LogP contribution is 2.34. The summed E-state index contributed by atoms with van der Waals surface area (Å²) in [6.45, 7) is 0. The Kier molecular flexibility index (Phi) is 4.52. The van der Waals surface area contributed by atoms with E-state index in [2.05, 4.69) is 10.3 Å². The van der Waals surface area contributed by atoms with Crippen molar-refractivity contribution in [2.24, 2.45) is 0 Å². The topological polar surface area (TPSA) is 104 Å². The van der Waals surface area contributed by atoms with Gasteiger partial charge in [0.1, 0.15) is 5.56 Å². The smallest absolute Gasteiger partial charge is 0.286 e. The molecule has 0 saturated heterocycles. The zero-order chi connectivity index (χ0) is 16.1. The molecule has 0 aliphatic carbocycles. The molecule has 114 valence electrons. The lowest BCUT2D eigenvalue weighted by Crippen LogP contribution is -2.14. The number of amides is 1. The molecule has 0 bridgehead atoms. The number of methoxy groups -OCH3 is 2. The van der Waals surface area contributed by atoms with Crippen LogP contribution < -0.4 is 14.8 Å². The number of ether oxygens (including phenoxy) is 2. The summed E-state index contributed by atoms with van der Waals surface area (Å²) in [6.07, 6.45) is 2.99. The van der Waals surface area contributed by atoms with Crippen molar-refractivity contribution >= 4 is 17.3 Å². The van der Waals surface area contributed by atoms with Gasteiger partial charge in [-0.15, -0.1) is 0 Å². The Labute approximate surface area is 125 Å². The van der Waals surface area contributed by atoms with Crippen molar-refractivity contribution < 1.29 is 19.2 Å². The van der Waals surface area contributed by atoms with Crippen LogP contribution >= 0.6 is 0 Å². The first-order valence-corrected chi connectivity index (χ1v) is 6.18. The van der Waals surface area contributed by atoms with Gasteiger partial charge >= 0.3 is 0 Å². The van der Waals surface area contributed by atoms with Crippen LogP contribution in [0.15, 0.2) is 36.7 Å². The molecule has 1 aromatic heterocycles. The molecule has 1 N–H and O–H groups in total. The number of nitro groups is 1. The molecular formula is C14H13N3O5. The van der Waals surface area contributed by atoms with E-state index in [0.717, 1.165) is 6.07 Å². The normalized spacial score (nSPS) is 9.91. The first-order valence-electron chi connectivity index (χ1n) is 6.18. The summed E-state index contributed by atoms with van der Waals surface area (Å²) in [5.41, 5.74) is -0.0814. The lowest BCUT2D eigenvalue weighted by molar-refractivity contribution is -0.385. The van der Waals surface area contributed by atoms with Crippen LogP contribution in [-0.4, -0.2) is 30.0 Å². The molecular weight excluding hydrogens is 290 g/mol. The number of benzene rings is 1. The fraction of sp³-hybridized carbons (Fsp3) is 0.143. The summed E-state index contributed by atoms with van der Waals surface area (Å²) in [6, 6.07) is 5.68. The summed E-state index contributed by atoms with van der Waals surface area (Å²) >= 11 is 0. The minimum absolute atomic E-state index is 0.133. The van der Waals surface area contributed by atoms with Crippen molar-refractivity contribution in [1.29, 1.82) is 0 Å². The highest BCUT2D eigenvalue weighted by atomic mass is 16.6. The van der Waals surface area contributed by atoms with Crippen LogP contribution in [0.4, 0.5) is 11.4 Å². The minimum atomic E-state index is -0.653. The third-order valence-electron chi connectivity index (χ3n) is 2.86. The van der Waals surface area contributed by atoms with Gasteiger partial charge in [0.05, 0.1) is 37.1 Å². The van der Waals surface area contributed by atoms with Gasteiger partial charge in [0.15, 0.2) is 11.5 Å². The Hall–Kier alpha value is -3.16. The van der Waals surface area contributed by atoms with Gasteiger partial charge in [0.25, 0.3) is 11.6 Å². The molecule has 0 fully saturated rings. The van der Waals surface area contributed by atoms with Crippen molar-refractivity contribution in [3.8, 4) is 11.5 Å². The molecule has 0 atom stereocenters. The van der Waals surface area contributed by atoms with Crippen LogP contribution in [0.2, 0.25) is 0 Å². The van der Waals surface area contributed by atoms with Gasteiger partial charge in [-0.3, -0.25) is 19.9 Å². The highest BCUT2D eigenvalue weighted by molar-refractivity contribution is 6.07. The molecule has 2 rings (SSSR count). The number of hydrogen-bond acceptors (Lipinski definition) is 6. The van der Waals surface area contributed by atoms with Gasteiger partial charge in [0, 0.05) is 12.3 Å². The predicted molar refractivity (Wildman–Crippen MR) is 78.4 cm³/mol. The largest absolute Gasteiger partial charge is 0.493 e. The zero-order valence-corrected chi connectivity index (χ0v) is 11.9. The SMILES string of the molecule is COc1cc(C(=O)Nc2cccnc2)c([N+](=O)[O-])cc1OC. The van der Waals surface area contributed by atoms with E-state index in [9.17, 15) is 14.9 Å². The zero-order valence-electron chi connectivity index (χ0n) is 11.9. The first kappa shape index (κ1) is 15.2. The fourth-order valence-corrected chi connectivity index (χ4v) is 1.84. The van der Waals surface area contributed by atoms with Gasteiger partial charge in [-0.05, 0) is 12.1 Å². The van der Waals surface area contributed by atoms with Gasteiger partial charge < -0.3 is 14.8 Å². The molecule has 0 unspecified atom stereocenters. The Bertz CT molecular complexity index is 703. The average molecular weight is 303 g/mol. The lowest BCUT2D eigenvalue weighted by Gasteiger charge is -2.10. The van der Waals surface area contributed by atoms with Crippen LogP contribution in [0.1, 0.15) is 10.4 Å². The number of hydrogen-bond donors (Lipinski definition) is 1. The van der Waals surface area contributed by atoms with E-state index in [0.29, 0.717) is 5.69 Å². The Morgan fingerprint density at radius 3 is 2.50 bits per heavy atom. The maximum absolute atomic E-state index is 12.3. The summed E-state index contributed by atoms with van der Waals surface area (Å²) in [5, 5.41) is 13.7. The molecule has 0 saturated carbocycles. The third-order valence-corrected chi connectivity index (χ3v) is 2.86. The van der Waals surface area contributed by atoms with Crippen molar-refractivity contribution in [2.75, 3.05) is 19.5 Å². The second kappa shape index (κ2) is 6.53. The molecule has 0 radical (unpaired) electrons. The summed E-state index contributed by atoms with van der Waals surface area (Å²) in [5.74, 6) is -0.239. The van der Waals surface area contributed by atoms with E-state index in [-0.39, 0.29) is 22.7 Å². The fourth-order valence-electron chi connectivity index (χ4n) is 1.84. The molecule has 0 aliphatic rings. The molecule has 8 heteroatoms. The van der Waals surface area contributed by atoms with Gasteiger partial charge in [-0.2, -0.15) is 0 Å². The molecule has 2 aromatic rings. The number of nitrogens with one attached hydrogen (secondary N) is 1. The van der Waals surface area contributed by atoms with Crippen molar-refractivity contribution in [1.82, 2.24) is 4.98 Å². The molecule has 1 aromatic carbocycles. The van der Waals surface area contributed by atoms with Crippen LogP contribution in [0.5, 0.6) is 11.5 Å². The van der Waals surface area contributed by atoms with Gasteiger partial charge in [-0.25, -0.2) is 0 Å². The van der Waals surface area contributed by atoms with Crippen LogP contribution in [-0.2, 0) is 0 Å². The van der Waals surface area contributed by atoms with E-state index in [1.165, 1.54) is 26.5 Å². The number of rotatable bonds is 5. The summed E-state index contributed by atoms with van der Waals surface area (Å²) in [4.78, 5) is 26.6. The second-order valence-corrected chi connectivity index (χ2v) is 4.18. The third kappa shape index (κ3) is 3.11. The van der Waals surface area contributed by atoms with Crippen molar-refractivity contribution in [3.63, 3.8) is 0 Å². The number of nitro benzene ring substituents is 1. The molecule has 1 heterocycles. The predicted octanol–water partition coefficient (Wildman–Crippen LogP) is 2.26. The molecule has 1 amide bonds. The monoisotopic (exact) mass is 303 g/mol. The van der Waals surface area contributed by atoms with Crippen LogP contribution in [0, 0.1) is 10.1 Å². The van der Waals surface area contributed by atoms with Crippen molar-refractivity contribution in [3.05, 3.63) is 52.3 Å².